The van der Waals surface area contributed by atoms with Crippen molar-refractivity contribution in [2.45, 2.75) is 6.61 Å². The van der Waals surface area contributed by atoms with E-state index in [1.807, 2.05) is 55.4 Å². The Balaban J connectivity index is 1.64. The number of anilines is 1. The number of nitrogens with zero attached hydrogens (tertiary/aromatic N) is 2. The van der Waals surface area contributed by atoms with Crippen LogP contribution in [0, 0.1) is 0 Å². The molecule has 3 rings (SSSR count). The first-order chi connectivity index (χ1) is 12.6. The van der Waals surface area contributed by atoms with Crippen LogP contribution in [-0.2, 0) is 11.3 Å². The fourth-order valence-corrected chi connectivity index (χ4v) is 2.41. The summed E-state index contributed by atoms with van der Waals surface area (Å²) in [6.45, 7) is 0.0463. The zero-order chi connectivity index (χ0) is 18.5. The lowest BCUT2D eigenvalue weighted by molar-refractivity contribution is 0.0464. The number of methoxy groups -OCH3 is 1. The van der Waals surface area contributed by atoms with Crippen molar-refractivity contribution < 1.29 is 18.8 Å². The molecule has 0 radical (unpaired) electrons. The number of benzene rings is 2. The molecule has 2 aromatic carbocycles. The molecule has 3 aromatic rings. The molecule has 0 N–H and O–H groups in total. The summed E-state index contributed by atoms with van der Waals surface area (Å²) in [5.41, 5.74) is 2.85. The van der Waals surface area contributed by atoms with Crippen LogP contribution in [0.25, 0.3) is 11.3 Å². The van der Waals surface area contributed by atoms with Crippen LogP contribution < -0.4 is 9.64 Å². The van der Waals surface area contributed by atoms with Crippen LogP contribution >= 0.6 is 0 Å². The smallest absolute Gasteiger partial charge is 0.338 e. The largest absolute Gasteiger partial charge is 0.497 e. The monoisotopic (exact) mass is 352 g/mol. The second kappa shape index (κ2) is 7.74. The average Bonchev–Trinajstić information content (AvgIpc) is 3.15. The van der Waals surface area contributed by atoms with Crippen LogP contribution in [0.5, 0.6) is 5.75 Å². The maximum Gasteiger partial charge on any atom is 0.338 e. The number of hydrogen-bond donors (Lipinski definition) is 0. The Bertz CT molecular complexity index is 885. The summed E-state index contributed by atoms with van der Waals surface area (Å²) < 4.78 is 15.8. The van der Waals surface area contributed by atoms with Gasteiger partial charge in [0.25, 0.3) is 0 Å². The molecule has 0 atom stereocenters. The third-order valence-electron chi connectivity index (χ3n) is 3.88. The molecule has 0 spiro atoms. The van der Waals surface area contributed by atoms with Gasteiger partial charge >= 0.3 is 5.97 Å². The van der Waals surface area contributed by atoms with Gasteiger partial charge in [0.05, 0.1) is 12.7 Å². The van der Waals surface area contributed by atoms with Gasteiger partial charge in [-0.15, -0.1) is 0 Å². The van der Waals surface area contributed by atoms with Gasteiger partial charge in [0.1, 0.15) is 18.1 Å². The summed E-state index contributed by atoms with van der Waals surface area (Å²) in [4.78, 5) is 14.2. The number of esters is 1. The Morgan fingerprint density at radius 3 is 2.58 bits per heavy atom. The zero-order valence-corrected chi connectivity index (χ0v) is 14.9. The highest BCUT2D eigenvalue weighted by Crippen LogP contribution is 2.23. The molecule has 1 heterocycles. The van der Waals surface area contributed by atoms with Crippen molar-refractivity contribution in [3.63, 3.8) is 0 Å². The lowest BCUT2D eigenvalue weighted by atomic mass is 10.1. The second-order valence-electron chi connectivity index (χ2n) is 5.93. The van der Waals surface area contributed by atoms with Crippen LogP contribution in [0.1, 0.15) is 16.1 Å². The van der Waals surface area contributed by atoms with E-state index in [1.165, 1.54) is 0 Å². The van der Waals surface area contributed by atoms with Gasteiger partial charge in [-0.25, -0.2) is 4.79 Å². The minimum Gasteiger partial charge on any atom is -0.497 e. The predicted octanol–water partition coefficient (Wildman–Crippen LogP) is 3.77. The Kier molecular flexibility index (Phi) is 5.22. The van der Waals surface area contributed by atoms with Crippen molar-refractivity contribution >= 4 is 11.7 Å². The first-order valence-corrected chi connectivity index (χ1v) is 8.11. The standard InChI is InChI=1S/C20H20N2O4/c1-22(2)17-6-4-5-15(11-17)20(23)25-13-16-12-19(26-21-16)14-7-9-18(24-3)10-8-14/h4-12H,13H2,1-3H3. The summed E-state index contributed by atoms with van der Waals surface area (Å²) in [5.74, 6) is 0.971. The molecule has 0 aliphatic carbocycles. The molecule has 0 saturated carbocycles. The molecule has 0 saturated heterocycles. The second-order valence-corrected chi connectivity index (χ2v) is 5.93. The van der Waals surface area contributed by atoms with Gasteiger partial charge in [0, 0.05) is 31.4 Å². The summed E-state index contributed by atoms with van der Waals surface area (Å²) in [6, 6.07) is 16.5. The van der Waals surface area contributed by atoms with Crippen molar-refractivity contribution in [1.29, 1.82) is 0 Å². The fraction of sp³-hybridized carbons (Fsp3) is 0.200. The van der Waals surface area contributed by atoms with Crippen LogP contribution in [0.3, 0.4) is 0 Å². The average molecular weight is 352 g/mol. The molecule has 1 aromatic heterocycles. The predicted molar refractivity (Wildman–Crippen MR) is 98.4 cm³/mol. The van der Waals surface area contributed by atoms with E-state index in [4.69, 9.17) is 14.0 Å². The van der Waals surface area contributed by atoms with E-state index in [-0.39, 0.29) is 6.61 Å². The Morgan fingerprint density at radius 2 is 1.88 bits per heavy atom. The maximum absolute atomic E-state index is 12.2. The van der Waals surface area contributed by atoms with Gasteiger partial charge in [-0.1, -0.05) is 11.2 Å². The van der Waals surface area contributed by atoms with Crippen molar-refractivity contribution in [1.82, 2.24) is 5.16 Å². The zero-order valence-electron chi connectivity index (χ0n) is 14.9. The molecule has 0 fully saturated rings. The van der Waals surface area contributed by atoms with E-state index < -0.39 is 5.97 Å². The summed E-state index contributed by atoms with van der Waals surface area (Å²) in [5, 5.41) is 3.95. The topological polar surface area (TPSA) is 64.8 Å². The van der Waals surface area contributed by atoms with E-state index in [2.05, 4.69) is 5.16 Å². The van der Waals surface area contributed by atoms with Crippen molar-refractivity contribution in [2.75, 3.05) is 26.1 Å². The number of rotatable bonds is 6. The van der Waals surface area contributed by atoms with Crippen molar-refractivity contribution in [2.24, 2.45) is 0 Å². The van der Waals surface area contributed by atoms with E-state index >= 15 is 0 Å². The van der Waals surface area contributed by atoms with Gasteiger partial charge in [0.2, 0.25) is 0 Å². The lowest BCUT2D eigenvalue weighted by Crippen LogP contribution is -2.11. The molecule has 134 valence electrons. The molecule has 0 aliphatic heterocycles. The molecular formula is C20H20N2O4. The minimum absolute atomic E-state index is 0.0463. The first-order valence-electron chi connectivity index (χ1n) is 8.11. The number of hydrogen-bond acceptors (Lipinski definition) is 6. The maximum atomic E-state index is 12.2. The molecule has 26 heavy (non-hydrogen) atoms. The van der Waals surface area contributed by atoms with Gasteiger partial charge in [-0.2, -0.15) is 0 Å². The number of aromatic nitrogens is 1. The van der Waals surface area contributed by atoms with E-state index in [1.54, 1.807) is 25.3 Å². The van der Waals surface area contributed by atoms with Crippen LogP contribution in [0.15, 0.2) is 59.1 Å². The molecule has 0 bridgehead atoms. The van der Waals surface area contributed by atoms with E-state index in [0.29, 0.717) is 17.0 Å². The van der Waals surface area contributed by atoms with Crippen LogP contribution in [-0.4, -0.2) is 32.3 Å². The SMILES string of the molecule is COc1ccc(-c2cc(COC(=O)c3cccc(N(C)C)c3)no2)cc1. The summed E-state index contributed by atoms with van der Waals surface area (Å²) in [6.07, 6.45) is 0. The van der Waals surface area contributed by atoms with Gasteiger partial charge in [0.15, 0.2) is 5.76 Å². The Hall–Kier alpha value is -3.28. The number of carbonyl (C=O) groups is 1. The van der Waals surface area contributed by atoms with Crippen molar-refractivity contribution in [3.8, 4) is 17.1 Å². The fourth-order valence-electron chi connectivity index (χ4n) is 2.41. The molecule has 0 aliphatic rings. The Labute approximate surface area is 151 Å². The molecule has 0 unspecified atom stereocenters. The van der Waals surface area contributed by atoms with E-state index in [9.17, 15) is 4.79 Å². The third kappa shape index (κ3) is 4.03. The normalized spacial score (nSPS) is 10.4. The van der Waals surface area contributed by atoms with Gasteiger partial charge in [-0.3, -0.25) is 0 Å². The minimum atomic E-state index is -0.400. The highest BCUT2D eigenvalue weighted by atomic mass is 16.5. The quantitative estimate of drug-likeness (QED) is 0.629. The molecule has 6 nitrogen and oxygen atoms in total. The highest BCUT2D eigenvalue weighted by molar-refractivity contribution is 5.90. The summed E-state index contributed by atoms with van der Waals surface area (Å²) >= 11 is 0. The van der Waals surface area contributed by atoms with Gasteiger partial charge < -0.3 is 18.9 Å². The summed E-state index contributed by atoms with van der Waals surface area (Å²) in [7, 11) is 5.45. The lowest BCUT2D eigenvalue weighted by Gasteiger charge is -2.13. The molecule has 6 heteroatoms. The van der Waals surface area contributed by atoms with E-state index in [0.717, 1.165) is 17.0 Å². The third-order valence-corrected chi connectivity index (χ3v) is 3.88. The van der Waals surface area contributed by atoms with Crippen LogP contribution in [0.4, 0.5) is 5.69 Å². The van der Waals surface area contributed by atoms with Gasteiger partial charge in [-0.05, 0) is 42.5 Å². The van der Waals surface area contributed by atoms with Crippen LogP contribution in [0.2, 0.25) is 0 Å². The number of carbonyl (C=O) groups excluding carboxylic acids is 1. The Morgan fingerprint density at radius 1 is 1.12 bits per heavy atom. The first kappa shape index (κ1) is 17.5. The van der Waals surface area contributed by atoms with Crippen molar-refractivity contribution in [3.05, 3.63) is 65.9 Å². The number of ether oxygens (including phenoxy) is 2. The molecular weight excluding hydrogens is 332 g/mol. The highest BCUT2D eigenvalue weighted by Gasteiger charge is 2.12. The molecule has 0 amide bonds.